The van der Waals surface area contributed by atoms with E-state index in [9.17, 15) is 9.59 Å². The van der Waals surface area contributed by atoms with E-state index in [0.717, 1.165) is 12.0 Å². The number of hydrogen-bond acceptors (Lipinski definition) is 2. The van der Waals surface area contributed by atoms with Gasteiger partial charge in [-0.1, -0.05) is 50.6 Å². The fourth-order valence-corrected chi connectivity index (χ4v) is 2.57. The van der Waals surface area contributed by atoms with Gasteiger partial charge >= 0.3 is 0 Å². The molecule has 0 unspecified atom stereocenters. The third kappa shape index (κ3) is 4.19. The molecule has 0 saturated carbocycles. The van der Waals surface area contributed by atoms with E-state index in [1.165, 1.54) is 0 Å². The Kier molecular flexibility index (Phi) is 5.52. The van der Waals surface area contributed by atoms with Gasteiger partial charge in [0.1, 0.15) is 0 Å². The molecule has 23 heavy (non-hydrogen) atoms. The zero-order valence-corrected chi connectivity index (χ0v) is 13.5. The predicted molar refractivity (Wildman–Crippen MR) is 92.2 cm³/mol. The number of carbonyl (C=O) groups is 2. The van der Waals surface area contributed by atoms with Crippen molar-refractivity contribution < 1.29 is 9.59 Å². The molecule has 0 aliphatic heterocycles. The summed E-state index contributed by atoms with van der Waals surface area (Å²) in [6, 6.07) is 16.4. The van der Waals surface area contributed by atoms with Crippen LogP contribution in [0.2, 0.25) is 0 Å². The zero-order chi connectivity index (χ0) is 16.8. The van der Waals surface area contributed by atoms with Crippen LogP contribution in [0.4, 0.5) is 5.69 Å². The number of amides is 2. The number of carbonyl (C=O) groups excluding carboxylic acids is 2. The van der Waals surface area contributed by atoms with Crippen LogP contribution in [0.3, 0.4) is 0 Å². The molecule has 0 radical (unpaired) electrons. The van der Waals surface area contributed by atoms with Gasteiger partial charge in [-0.3, -0.25) is 9.59 Å². The van der Waals surface area contributed by atoms with Crippen LogP contribution in [-0.4, -0.2) is 11.8 Å². The summed E-state index contributed by atoms with van der Waals surface area (Å²) >= 11 is 0. The van der Waals surface area contributed by atoms with Crippen molar-refractivity contribution in [2.45, 2.75) is 26.2 Å². The maximum atomic E-state index is 12.7. The fourth-order valence-electron chi connectivity index (χ4n) is 2.57. The average Bonchev–Trinajstić information content (AvgIpc) is 2.56. The van der Waals surface area contributed by atoms with Crippen molar-refractivity contribution in [3.8, 4) is 0 Å². The maximum absolute atomic E-state index is 12.7. The fraction of sp³-hybridized carbons (Fsp3) is 0.263. The first-order valence-corrected chi connectivity index (χ1v) is 7.78. The van der Waals surface area contributed by atoms with Gasteiger partial charge in [-0.15, -0.1) is 0 Å². The molecule has 3 N–H and O–H groups in total. The Balaban J connectivity index is 2.19. The van der Waals surface area contributed by atoms with E-state index < -0.39 is 5.91 Å². The van der Waals surface area contributed by atoms with Crippen molar-refractivity contribution in [2.75, 3.05) is 5.32 Å². The van der Waals surface area contributed by atoms with E-state index in [2.05, 4.69) is 19.2 Å². The van der Waals surface area contributed by atoms with Crippen LogP contribution in [0.5, 0.6) is 0 Å². The van der Waals surface area contributed by atoms with Crippen molar-refractivity contribution in [1.82, 2.24) is 0 Å². The first-order valence-electron chi connectivity index (χ1n) is 7.78. The summed E-state index contributed by atoms with van der Waals surface area (Å²) < 4.78 is 0. The summed E-state index contributed by atoms with van der Waals surface area (Å²) in [7, 11) is 0. The van der Waals surface area contributed by atoms with Crippen LogP contribution < -0.4 is 11.1 Å². The van der Waals surface area contributed by atoms with Crippen molar-refractivity contribution in [1.29, 1.82) is 0 Å². The van der Waals surface area contributed by atoms with Gasteiger partial charge in [-0.25, -0.2) is 0 Å². The molecule has 0 bridgehead atoms. The number of hydrogen-bond donors (Lipinski definition) is 2. The second-order valence-electron chi connectivity index (χ2n) is 5.70. The van der Waals surface area contributed by atoms with E-state index in [0.29, 0.717) is 11.3 Å². The van der Waals surface area contributed by atoms with Gasteiger partial charge in [0, 0.05) is 11.3 Å². The number of nitrogens with one attached hydrogen (secondary N) is 1. The molecule has 0 aliphatic rings. The lowest BCUT2D eigenvalue weighted by Crippen LogP contribution is -2.26. The van der Waals surface area contributed by atoms with Crippen LogP contribution in [0.25, 0.3) is 0 Å². The van der Waals surface area contributed by atoms with E-state index in [-0.39, 0.29) is 17.7 Å². The highest BCUT2D eigenvalue weighted by Crippen LogP contribution is 2.28. The molecule has 120 valence electrons. The van der Waals surface area contributed by atoms with Crippen LogP contribution in [0.15, 0.2) is 54.6 Å². The Labute approximate surface area is 136 Å². The normalized spacial score (nSPS) is 13.1. The van der Waals surface area contributed by atoms with Crippen molar-refractivity contribution in [3.63, 3.8) is 0 Å². The summed E-state index contributed by atoms with van der Waals surface area (Å²) in [6.45, 7) is 4.16. The maximum Gasteiger partial charge on any atom is 0.248 e. The zero-order valence-electron chi connectivity index (χ0n) is 13.5. The summed E-state index contributed by atoms with van der Waals surface area (Å²) in [5, 5.41) is 2.93. The van der Waals surface area contributed by atoms with E-state index in [1.54, 1.807) is 24.3 Å². The number of nitrogens with two attached hydrogens (primary N) is 1. The Morgan fingerprint density at radius 3 is 2.17 bits per heavy atom. The molecular formula is C19H22N2O2. The van der Waals surface area contributed by atoms with Gasteiger partial charge in [0.05, 0.1) is 5.92 Å². The van der Waals surface area contributed by atoms with Gasteiger partial charge in [0.2, 0.25) is 11.8 Å². The molecule has 2 amide bonds. The molecule has 0 fully saturated rings. The van der Waals surface area contributed by atoms with Gasteiger partial charge in [-0.05, 0) is 35.7 Å². The first kappa shape index (κ1) is 16.7. The Bertz CT molecular complexity index is 666. The molecular weight excluding hydrogens is 288 g/mol. The lowest BCUT2D eigenvalue weighted by Gasteiger charge is -2.22. The minimum Gasteiger partial charge on any atom is -0.366 e. The van der Waals surface area contributed by atoms with E-state index in [1.807, 2.05) is 30.3 Å². The topological polar surface area (TPSA) is 72.2 Å². The van der Waals surface area contributed by atoms with E-state index in [4.69, 9.17) is 5.73 Å². The third-order valence-corrected chi connectivity index (χ3v) is 4.09. The van der Waals surface area contributed by atoms with E-state index >= 15 is 0 Å². The quantitative estimate of drug-likeness (QED) is 0.856. The average molecular weight is 310 g/mol. The molecule has 0 spiro atoms. The molecule has 2 rings (SSSR count). The highest BCUT2D eigenvalue weighted by Gasteiger charge is 2.25. The van der Waals surface area contributed by atoms with Crippen LogP contribution >= 0.6 is 0 Å². The molecule has 4 nitrogen and oxygen atoms in total. The molecule has 0 aromatic heterocycles. The van der Waals surface area contributed by atoms with Gasteiger partial charge in [0.25, 0.3) is 0 Å². The van der Waals surface area contributed by atoms with Crippen LogP contribution in [0, 0.1) is 5.92 Å². The lowest BCUT2D eigenvalue weighted by atomic mass is 9.85. The Morgan fingerprint density at radius 1 is 1.04 bits per heavy atom. The second kappa shape index (κ2) is 7.58. The van der Waals surface area contributed by atoms with Gasteiger partial charge in [0.15, 0.2) is 0 Å². The molecule has 4 heteroatoms. The Morgan fingerprint density at radius 2 is 1.65 bits per heavy atom. The summed E-state index contributed by atoms with van der Waals surface area (Å²) in [5.41, 5.74) is 7.31. The predicted octanol–water partition coefficient (Wildman–Crippen LogP) is 3.55. The van der Waals surface area contributed by atoms with Gasteiger partial charge < -0.3 is 11.1 Å². The minimum atomic E-state index is -0.482. The van der Waals surface area contributed by atoms with Gasteiger partial charge in [-0.2, -0.15) is 0 Å². The second-order valence-corrected chi connectivity index (χ2v) is 5.70. The molecule has 0 heterocycles. The molecule has 2 aromatic carbocycles. The third-order valence-electron chi connectivity index (χ3n) is 4.09. The summed E-state index contributed by atoms with van der Waals surface area (Å²) in [4.78, 5) is 23.8. The van der Waals surface area contributed by atoms with Crippen molar-refractivity contribution >= 4 is 17.5 Å². The molecule has 0 aliphatic carbocycles. The standard InChI is InChI=1S/C19H22N2O2/c1-3-13(2)17(14-7-5-4-6-8-14)19(23)21-16-11-9-15(10-12-16)18(20)22/h4-13,17H,3H2,1-2H3,(H2,20,22)(H,21,23)/t13-,17-/m1/s1. The number of benzene rings is 2. The largest absolute Gasteiger partial charge is 0.366 e. The smallest absolute Gasteiger partial charge is 0.248 e. The highest BCUT2D eigenvalue weighted by molar-refractivity contribution is 5.97. The van der Waals surface area contributed by atoms with Crippen molar-refractivity contribution in [2.24, 2.45) is 11.7 Å². The minimum absolute atomic E-state index is 0.0441. The SMILES string of the molecule is CC[C@@H](C)[C@@H](C(=O)Nc1ccc(C(N)=O)cc1)c1ccccc1. The Hall–Kier alpha value is -2.62. The monoisotopic (exact) mass is 310 g/mol. The lowest BCUT2D eigenvalue weighted by molar-refractivity contribution is -0.118. The number of primary amides is 1. The number of anilines is 1. The summed E-state index contributed by atoms with van der Waals surface area (Å²) in [5.74, 6) is -0.513. The summed E-state index contributed by atoms with van der Waals surface area (Å²) in [6.07, 6.45) is 0.910. The molecule has 2 aromatic rings. The molecule has 2 atom stereocenters. The van der Waals surface area contributed by atoms with Crippen molar-refractivity contribution in [3.05, 3.63) is 65.7 Å². The highest BCUT2D eigenvalue weighted by atomic mass is 16.2. The molecule has 0 saturated heterocycles. The van der Waals surface area contributed by atoms with Crippen LogP contribution in [-0.2, 0) is 4.79 Å². The van der Waals surface area contributed by atoms with Crippen LogP contribution in [0.1, 0.15) is 42.1 Å². The number of rotatable bonds is 6. The first-order chi connectivity index (χ1) is 11.0.